The van der Waals surface area contributed by atoms with Crippen LogP contribution in [0.25, 0.3) is 0 Å². The molecule has 2 N–H and O–H groups in total. The fraction of sp³-hybridized carbons (Fsp3) is 0.846. The third-order valence-electron chi connectivity index (χ3n) is 10.3. The molecule has 0 aromatic heterocycles. The molecular formula is C26H41N3O2. The number of likely N-dealkylation sites (tertiary alicyclic amines) is 1. The van der Waals surface area contributed by atoms with Crippen LogP contribution in [0, 0.1) is 34.5 Å². The quantitative estimate of drug-likeness (QED) is 0.704. The van der Waals surface area contributed by atoms with Crippen molar-refractivity contribution in [2.45, 2.75) is 84.6 Å². The Bertz CT molecular complexity index is 800. The van der Waals surface area contributed by atoms with Crippen LogP contribution in [0.4, 0.5) is 0 Å². The molecule has 2 amide bonds. The van der Waals surface area contributed by atoms with Crippen LogP contribution in [0.2, 0.25) is 0 Å². The van der Waals surface area contributed by atoms with Gasteiger partial charge in [0.15, 0.2) is 0 Å². The maximum atomic E-state index is 13.4. The Hall–Kier alpha value is -1.36. The second-order valence-corrected chi connectivity index (χ2v) is 11.8. The number of rotatable bonds is 2. The van der Waals surface area contributed by atoms with Crippen molar-refractivity contribution in [1.82, 2.24) is 15.5 Å². The highest BCUT2D eigenvalue weighted by Crippen LogP contribution is 2.66. The number of hydrogen-bond acceptors (Lipinski definition) is 3. The van der Waals surface area contributed by atoms with Crippen LogP contribution in [0.3, 0.4) is 0 Å². The summed E-state index contributed by atoms with van der Waals surface area (Å²) >= 11 is 0. The normalized spacial score (nSPS) is 45.1. The number of carbonyl (C=O) groups excluding carboxylic acids is 2. The minimum atomic E-state index is 0.116. The first-order chi connectivity index (χ1) is 14.8. The van der Waals surface area contributed by atoms with Gasteiger partial charge in [-0.1, -0.05) is 19.4 Å². The smallest absolute Gasteiger partial charge is 0.226 e. The van der Waals surface area contributed by atoms with Crippen LogP contribution >= 0.6 is 0 Å². The zero-order valence-electron chi connectivity index (χ0n) is 19.9. The third kappa shape index (κ3) is 3.20. The summed E-state index contributed by atoms with van der Waals surface area (Å²) in [6.07, 6.45) is 9.61. The molecule has 3 aliphatic carbocycles. The van der Waals surface area contributed by atoms with Gasteiger partial charge in [0.05, 0.1) is 0 Å². The molecule has 0 aromatic carbocycles. The van der Waals surface area contributed by atoms with Crippen molar-refractivity contribution < 1.29 is 9.59 Å². The fourth-order valence-electron chi connectivity index (χ4n) is 8.82. The van der Waals surface area contributed by atoms with Gasteiger partial charge in [0, 0.05) is 43.1 Å². The fourth-order valence-corrected chi connectivity index (χ4v) is 8.82. The minimum absolute atomic E-state index is 0.116. The molecule has 0 aromatic rings. The summed E-state index contributed by atoms with van der Waals surface area (Å²) in [7, 11) is 1.99. The Morgan fingerprint density at radius 3 is 2.68 bits per heavy atom. The average molecular weight is 428 g/mol. The summed E-state index contributed by atoms with van der Waals surface area (Å²) in [5.74, 6) is 2.68. The molecule has 5 heteroatoms. The molecule has 5 aliphatic rings. The van der Waals surface area contributed by atoms with Crippen molar-refractivity contribution in [2.75, 3.05) is 20.1 Å². The van der Waals surface area contributed by atoms with Gasteiger partial charge in [-0.15, -0.1) is 0 Å². The number of fused-ring (bicyclic) bond motifs is 5. The summed E-state index contributed by atoms with van der Waals surface area (Å²) in [5.41, 5.74) is 2.98. The molecule has 2 heterocycles. The molecular weight excluding hydrogens is 386 g/mol. The van der Waals surface area contributed by atoms with E-state index in [1.54, 1.807) is 0 Å². The van der Waals surface area contributed by atoms with Gasteiger partial charge in [0.2, 0.25) is 11.8 Å². The first kappa shape index (κ1) is 21.5. The van der Waals surface area contributed by atoms with Gasteiger partial charge in [-0.3, -0.25) is 9.59 Å². The van der Waals surface area contributed by atoms with E-state index in [4.69, 9.17) is 0 Å². The number of hydrogen-bond donors (Lipinski definition) is 2. The van der Waals surface area contributed by atoms with Gasteiger partial charge in [-0.05, 0) is 88.0 Å². The monoisotopic (exact) mass is 427 g/mol. The zero-order valence-corrected chi connectivity index (χ0v) is 19.9. The predicted octanol–water partition coefficient (Wildman–Crippen LogP) is 3.85. The molecule has 0 spiro atoms. The molecule has 2 aliphatic heterocycles. The predicted molar refractivity (Wildman–Crippen MR) is 122 cm³/mol. The van der Waals surface area contributed by atoms with Crippen molar-refractivity contribution >= 4 is 11.8 Å². The standard InChI is InChI=1S/C26H41N3O2/c1-16-14-18-19-7-8-21(24(31)28-17-6-5-13-27-15-17)25(19,2)11-9-20(18)26(3)12-10-22(30)29(4)23(16)26/h17-21,27H,5-15H2,1-4H3,(H,28,31)/t17?,18-,19-,20-,21+,25-,26+/m0/s1. The Labute approximate surface area is 187 Å². The molecule has 7 atom stereocenters. The van der Waals surface area contributed by atoms with Crippen LogP contribution in [0.1, 0.15) is 78.6 Å². The van der Waals surface area contributed by atoms with E-state index >= 15 is 0 Å². The van der Waals surface area contributed by atoms with Crippen LogP contribution in [-0.4, -0.2) is 42.9 Å². The highest BCUT2D eigenvalue weighted by Gasteiger charge is 2.61. The van der Waals surface area contributed by atoms with E-state index in [-0.39, 0.29) is 22.7 Å². The van der Waals surface area contributed by atoms with E-state index in [0.29, 0.717) is 36.1 Å². The lowest BCUT2D eigenvalue weighted by Crippen LogP contribution is -2.55. The lowest BCUT2D eigenvalue weighted by Gasteiger charge is -2.59. The summed E-state index contributed by atoms with van der Waals surface area (Å²) in [5, 5.41) is 6.84. The highest BCUT2D eigenvalue weighted by molar-refractivity contribution is 5.81. The van der Waals surface area contributed by atoms with Crippen molar-refractivity contribution in [3.05, 3.63) is 11.3 Å². The minimum Gasteiger partial charge on any atom is -0.352 e. The second-order valence-electron chi connectivity index (χ2n) is 11.8. The van der Waals surface area contributed by atoms with Crippen LogP contribution in [0.5, 0.6) is 0 Å². The van der Waals surface area contributed by atoms with Crippen molar-refractivity contribution in [1.29, 1.82) is 0 Å². The van der Waals surface area contributed by atoms with E-state index in [0.717, 1.165) is 51.6 Å². The summed E-state index contributed by atoms with van der Waals surface area (Å²) in [6, 6.07) is 0.303. The maximum absolute atomic E-state index is 13.4. The topological polar surface area (TPSA) is 61.4 Å². The van der Waals surface area contributed by atoms with E-state index in [2.05, 4.69) is 31.4 Å². The molecule has 5 rings (SSSR count). The van der Waals surface area contributed by atoms with E-state index in [1.807, 2.05) is 11.9 Å². The molecule has 5 nitrogen and oxygen atoms in total. The number of amides is 2. The number of allylic oxidation sites excluding steroid dienone is 2. The largest absolute Gasteiger partial charge is 0.352 e. The summed E-state index contributed by atoms with van der Waals surface area (Å²) in [6.45, 7) is 9.12. The first-order valence-corrected chi connectivity index (χ1v) is 12.7. The van der Waals surface area contributed by atoms with Crippen molar-refractivity contribution in [2.24, 2.45) is 34.5 Å². The Morgan fingerprint density at radius 2 is 1.94 bits per heavy atom. The molecule has 4 fully saturated rings. The first-order valence-electron chi connectivity index (χ1n) is 12.7. The molecule has 2 saturated heterocycles. The SMILES string of the molecule is CC1=C2N(C)C(=O)CC[C@]2(C)[C@H]2CC[C@]3(C)[C@@H](C(=O)NC4CCCNC4)CC[C@H]3[C@@H]2C1. The van der Waals surface area contributed by atoms with Gasteiger partial charge in [0.25, 0.3) is 0 Å². The Kier molecular flexibility index (Phi) is 5.27. The molecule has 31 heavy (non-hydrogen) atoms. The average Bonchev–Trinajstić information content (AvgIpc) is 3.09. The maximum Gasteiger partial charge on any atom is 0.226 e. The zero-order chi connectivity index (χ0) is 22.0. The van der Waals surface area contributed by atoms with E-state index in [9.17, 15) is 9.59 Å². The van der Waals surface area contributed by atoms with Gasteiger partial charge in [0.1, 0.15) is 0 Å². The molecule has 0 radical (unpaired) electrons. The van der Waals surface area contributed by atoms with Crippen LogP contribution < -0.4 is 10.6 Å². The van der Waals surface area contributed by atoms with Crippen molar-refractivity contribution in [3.63, 3.8) is 0 Å². The van der Waals surface area contributed by atoms with Gasteiger partial charge >= 0.3 is 0 Å². The Morgan fingerprint density at radius 1 is 1.13 bits per heavy atom. The summed E-state index contributed by atoms with van der Waals surface area (Å²) < 4.78 is 0. The van der Waals surface area contributed by atoms with Crippen LogP contribution in [-0.2, 0) is 9.59 Å². The van der Waals surface area contributed by atoms with Gasteiger partial charge in [-0.2, -0.15) is 0 Å². The Balaban J connectivity index is 1.39. The highest BCUT2D eigenvalue weighted by atomic mass is 16.2. The lowest BCUT2D eigenvalue weighted by molar-refractivity contribution is -0.139. The molecule has 1 unspecified atom stereocenters. The van der Waals surface area contributed by atoms with Gasteiger partial charge < -0.3 is 15.5 Å². The number of piperidine rings is 2. The number of carbonyl (C=O) groups is 2. The van der Waals surface area contributed by atoms with E-state index in [1.165, 1.54) is 24.1 Å². The summed E-state index contributed by atoms with van der Waals surface area (Å²) in [4.78, 5) is 27.8. The molecule has 0 bridgehead atoms. The number of nitrogens with zero attached hydrogens (tertiary/aromatic N) is 1. The third-order valence-corrected chi connectivity index (χ3v) is 10.3. The van der Waals surface area contributed by atoms with E-state index < -0.39 is 0 Å². The van der Waals surface area contributed by atoms with Crippen molar-refractivity contribution in [3.8, 4) is 0 Å². The molecule has 2 saturated carbocycles. The second kappa shape index (κ2) is 7.60. The molecule has 172 valence electrons. The lowest BCUT2D eigenvalue weighted by atomic mass is 9.48. The van der Waals surface area contributed by atoms with Gasteiger partial charge in [-0.25, -0.2) is 0 Å². The van der Waals surface area contributed by atoms with Crippen LogP contribution in [0.15, 0.2) is 11.3 Å². The number of nitrogens with one attached hydrogen (secondary N) is 2.